The summed E-state index contributed by atoms with van der Waals surface area (Å²) in [5.41, 5.74) is 4.16. The molecule has 0 aliphatic carbocycles. The summed E-state index contributed by atoms with van der Waals surface area (Å²) in [4.78, 5) is 17.0. The third-order valence-corrected chi connectivity index (χ3v) is 7.64. The molecule has 0 fully saturated rings. The molecule has 1 N–H and O–H groups in total. The van der Waals surface area contributed by atoms with Gasteiger partial charge in [-0.2, -0.15) is 0 Å². The molecule has 1 amide bonds. The van der Waals surface area contributed by atoms with Gasteiger partial charge in [0.2, 0.25) is 5.91 Å². The standard InChI is InChI=1S/C27H25N5O2S2/c1-17-8-10-20(11-9-17)22-15-35-26(28-22)29-25(33)16-36-27-31-30-24(32(27)3)14-34-23-13-12-19-6-4-5-7-21(19)18(23)2/h4-13,15H,14,16H2,1-3H3,(H,28,29,33). The number of aromatic nitrogens is 4. The first-order valence-electron chi connectivity index (χ1n) is 11.4. The number of carbonyl (C=O) groups is 1. The summed E-state index contributed by atoms with van der Waals surface area (Å²) >= 11 is 2.74. The van der Waals surface area contributed by atoms with Gasteiger partial charge in [0, 0.05) is 18.0 Å². The van der Waals surface area contributed by atoms with E-state index in [1.54, 1.807) is 0 Å². The van der Waals surface area contributed by atoms with Gasteiger partial charge in [0.1, 0.15) is 12.4 Å². The highest BCUT2D eigenvalue weighted by Gasteiger charge is 2.14. The van der Waals surface area contributed by atoms with Crippen LogP contribution in [0.2, 0.25) is 0 Å². The number of benzene rings is 3. The van der Waals surface area contributed by atoms with Crippen LogP contribution in [0.1, 0.15) is 17.0 Å². The number of hydrogen-bond donors (Lipinski definition) is 1. The molecule has 2 aromatic heterocycles. The largest absolute Gasteiger partial charge is 0.485 e. The second-order valence-corrected chi connectivity index (χ2v) is 10.2. The van der Waals surface area contributed by atoms with E-state index in [9.17, 15) is 4.79 Å². The topological polar surface area (TPSA) is 81.9 Å². The Balaban J connectivity index is 1.16. The van der Waals surface area contributed by atoms with E-state index in [4.69, 9.17) is 4.74 Å². The highest BCUT2D eigenvalue weighted by Crippen LogP contribution is 2.28. The molecule has 0 aliphatic heterocycles. The van der Waals surface area contributed by atoms with Gasteiger partial charge in [0.05, 0.1) is 11.4 Å². The zero-order valence-corrected chi connectivity index (χ0v) is 21.8. The highest BCUT2D eigenvalue weighted by atomic mass is 32.2. The van der Waals surface area contributed by atoms with Gasteiger partial charge in [-0.3, -0.25) is 4.79 Å². The molecule has 5 aromatic rings. The number of thiazole rings is 1. The minimum Gasteiger partial charge on any atom is -0.485 e. The fourth-order valence-electron chi connectivity index (χ4n) is 3.78. The first-order valence-corrected chi connectivity index (χ1v) is 13.3. The van der Waals surface area contributed by atoms with Crippen molar-refractivity contribution in [3.8, 4) is 17.0 Å². The summed E-state index contributed by atoms with van der Waals surface area (Å²) in [6.07, 6.45) is 0. The quantitative estimate of drug-likeness (QED) is 0.255. The number of ether oxygens (including phenoxy) is 1. The predicted molar refractivity (Wildman–Crippen MR) is 146 cm³/mol. The fourth-order valence-corrected chi connectivity index (χ4v) is 5.24. The normalized spacial score (nSPS) is 11.1. The summed E-state index contributed by atoms with van der Waals surface area (Å²) in [6.45, 7) is 4.39. The molecule has 0 saturated heterocycles. The number of nitrogens with one attached hydrogen (secondary N) is 1. The fraction of sp³-hybridized carbons (Fsp3) is 0.185. The number of anilines is 1. The first-order chi connectivity index (χ1) is 17.5. The van der Waals surface area contributed by atoms with Crippen LogP contribution in [0.4, 0.5) is 5.13 Å². The zero-order chi connectivity index (χ0) is 25.1. The van der Waals surface area contributed by atoms with Crippen LogP contribution in [-0.2, 0) is 18.4 Å². The van der Waals surface area contributed by atoms with E-state index in [0.717, 1.165) is 22.6 Å². The SMILES string of the molecule is Cc1ccc(-c2csc(NC(=O)CSc3nnc(COc4ccc5ccccc5c4C)n3C)n2)cc1. The van der Waals surface area contributed by atoms with E-state index < -0.39 is 0 Å². The van der Waals surface area contributed by atoms with Gasteiger partial charge in [-0.1, -0.05) is 71.9 Å². The molecule has 36 heavy (non-hydrogen) atoms. The lowest BCUT2D eigenvalue weighted by Gasteiger charge is -2.11. The van der Waals surface area contributed by atoms with E-state index in [-0.39, 0.29) is 18.3 Å². The first kappa shape index (κ1) is 24.0. The summed E-state index contributed by atoms with van der Waals surface area (Å²) in [7, 11) is 1.88. The molecule has 182 valence electrons. The third kappa shape index (κ3) is 5.27. The summed E-state index contributed by atoms with van der Waals surface area (Å²) < 4.78 is 7.91. The summed E-state index contributed by atoms with van der Waals surface area (Å²) in [5, 5.41) is 16.9. The number of hydrogen-bond acceptors (Lipinski definition) is 7. The summed E-state index contributed by atoms with van der Waals surface area (Å²) in [5.74, 6) is 1.57. The molecule has 5 rings (SSSR count). The average molecular weight is 516 g/mol. The Morgan fingerprint density at radius 2 is 1.86 bits per heavy atom. The lowest BCUT2D eigenvalue weighted by molar-refractivity contribution is -0.113. The van der Waals surface area contributed by atoms with Crippen molar-refractivity contribution >= 4 is 44.9 Å². The maximum Gasteiger partial charge on any atom is 0.236 e. The van der Waals surface area contributed by atoms with Gasteiger partial charge in [-0.15, -0.1) is 21.5 Å². The van der Waals surface area contributed by atoms with Crippen LogP contribution in [0.15, 0.2) is 71.2 Å². The third-order valence-electron chi connectivity index (χ3n) is 5.86. The van der Waals surface area contributed by atoms with Crippen LogP contribution in [0, 0.1) is 13.8 Å². The molecule has 0 unspecified atom stereocenters. The maximum atomic E-state index is 12.5. The Morgan fingerprint density at radius 3 is 2.69 bits per heavy atom. The van der Waals surface area contributed by atoms with Crippen molar-refractivity contribution in [3.05, 3.63) is 83.0 Å². The average Bonchev–Trinajstić information content (AvgIpc) is 3.49. The number of fused-ring (bicyclic) bond motifs is 1. The number of carbonyl (C=O) groups excluding carboxylic acids is 1. The maximum absolute atomic E-state index is 12.5. The van der Waals surface area contributed by atoms with Crippen molar-refractivity contribution in [2.75, 3.05) is 11.1 Å². The van der Waals surface area contributed by atoms with Crippen LogP contribution in [0.25, 0.3) is 22.0 Å². The molecule has 0 aliphatic rings. The Kier molecular flexibility index (Phi) is 7.02. The number of thioether (sulfide) groups is 1. The number of aryl methyl sites for hydroxylation is 2. The number of amides is 1. The molecule has 7 nitrogen and oxygen atoms in total. The minimum absolute atomic E-state index is 0.141. The van der Waals surface area contributed by atoms with Gasteiger partial charge in [0.15, 0.2) is 16.1 Å². The Bertz CT molecular complexity index is 1530. The number of nitrogens with zero attached hydrogens (tertiary/aromatic N) is 4. The van der Waals surface area contributed by atoms with Crippen molar-refractivity contribution in [2.24, 2.45) is 7.05 Å². The molecule has 0 spiro atoms. The molecular weight excluding hydrogens is 490 g/mol. The molecular formula is C27H25N5O2S2. The van der Waals surface area contributed by atoms with Crippen molar-refractivity contribution in [2.45, 2.75) is 25.6 Å². The van der Waals surface area contributed by atoms with Gasteiger partial charge in [-0.25, -0.2) is 4.98 Å². The van der Waals surface area contributed by atoms with Crippen molar-refractivity contribution in [1.82, 2.24) is 19.7 Å². The minimum atomic E-state index is -0.141. The lowest BCUT2D eigenvalue weighted by Crippen LogP contribution is -2.14. The Morgan fingerprint density at radius 1 is 1.06 bits per heavy atom. The summed E-state index contributed by atoms with van der Waals surface area (Å²) in [6, 6.07) is 20.4. The van der Waals surface area contributed by atoms with Crippen LogP contribution in [-0.4, -0.2) is 31.4 Å². The monoisotopic (exact) mass is 515 g/mol. The van der Waals surface area contributed by atoms with Crippen LogP contribution in [0.5, 0.6) is 5.75 Å². The van der Waals surface area contributed by atoms with Crippen molar-refractivity contribution < 1.29 is 9.53 Å². The van der Waals surface area contributed by atoms with Gasteiger partial charge < -0.3 is 14.6 Å². The van der Waals surface area contributed by atoms with E-state index in [1.807, 2.05) is 66.4 Å². The van der Waals surface area contributed by atoms with Gasteiger partial charge >= 0.3 is 0 Å². The Hall–Kier alpha value is -3.69. The Labute approximate surface area is 217 Å². The van der Waals surface area contributed by atoms with Crippen molar-refractivity contribution in [3.63, 3.8) is 0 Å². The second-order valence-electron chi connectivity index (χ2n) is 8.40. The molecule has 2 heterocycles. The molecule has 0 atom stereocenters. The highest BCUT2D eigenvalue weighted by molar-refractivity contribution is 7.99. The van der Waals surface area contributed by atoms with E-state index in [2.05, 4.69) is 45.6 Å². The van der Waals surface area contributed by atoms with Crippen LogP contribution in [0.3, 0.4) is 0 Å². The smallest absolute Gasteiger partial charge is 0.236 e. The van der Waals surface area contributed by atoms with Gasteiger partial charge in [-0.05, 0) is 36.2 Å². The molecule has 0 radical (unpaired) electrons. The van der Waals surface area contributed by atoms with E-state index in [0.29, 0.717) is 16.1 Å². The predicted octanol–water partition coefficient (Wildman–Crippen LogP) is 6.02. The van der Waals surface area contributed by atoms with Crippen LogP contribution >= 0.6 is 23.1 Å². The van der Waals surface area contributed by atoms with Crippen molar-refractivity contribution in [1.29, 1.82) is 0 Å². The van der Waals surface area contributed by atoms with E-state index >= 15 is 0 Å². The molecule has 0 bridgehead atoms. The van der Waals surface area contributed by atoms with Crippen LogP contribution < -0.4 is 10.1 Å². The molecule has 9 heteroatoms. The second kappa shape index (κ2) is 10.5. The van der Waals surface area contributed by atoms with Gasteiger partial charge in [0.25, 0.3) is 0 Å². The number of rotatable bonds is 8. The van der Waals surface area contributed by atoms with E-state index in [1.165, 1.54) is 39.4 Å². The lowest BCUT2D eigenvalue weighted by atomic mass is 10.0. The molecule has 0 saturated carbocycles. The molecule has 3 aromatic carbocycles. The zero-order valence-electron chi connectivity index (χ0n) is 20.2.